The summed E-state index contributed by atoms with van der Waals surface area (Å²) in [7, 11) is 0. The zero-order chi connectivity index (χ0) is 16.9. The number of phenols is 1. The minimum Gasteiger partial charge on any atom is -0.507 e. The summed E-state index contributed by atoms with van der Waals surface area (Å²) in [5.41, 5.74) is 3.89. The highest BCUT2D eigenvalue weighted by molar-refractivity contribution is 5.85. The third-order valence-electron chi connectivity index (χ3n) is 3.67. The van der Waals surface area contributed by atoms with Crippen molar-refractivity contribution in [3.05, 3.63) is 42.0 Å². The molecule has 0 fully saturated rings. The molecule has 1 rings (SSSR count). The van der Waals surface area contributed by atoms with Gasteiger partial charge in [0.15, 0.2) is 0 Å². The van der Waals surface area contributed by atoms with Crippen LogP contribution in [-0.2, 0) is 11.2 Å². The third kappa shape index (κ3) is 7.63. The van der Waals surface area contributed by atoms with Gasteiger partial charge in [-0.3, -0.25) is 4.79 Å². The van der Waals surface area contributed by atoms with Crippen molar-refractivity contribution in [3.8, 4) is 5.75 Å². The number of allylic oxidation sites excluding steroid dienone is 1. The van der Waals surface area contributed by atoms with Crippen molar-refractivity contribution in [2.24, 2.45) is 5.10 Å². The predicted octanol–water partition coefficient (Wildman–Crippen LogP) is 4.32. The third-order valence-corrected chi connectivity index (χ3v) is 3.67. The van der Waals surface area contributed by atoms with E-state index in [1.807, 2.05) is 12.1 Å². The van der Waals surface area contributed by atoms with Crippen LogP contribution < -0.4 is 5.43 Å². The maximum atomic E-state index is 11.7. The number of para-hydroxylation sites is 1. The van der Waals surface area contributed by atoms with E-state index in [-0.39, 0.29) is 11.7 Å². The lowest BCUT2D eigenvalue weighted by Crippen LogP contribution is -2.16. The number of carbonyl (C=O) groups excluding carboxylic acids is 1. The molecule has 1 aromatic rings. The number of unbranched alkanes of at least 4 members (excludes halogenated alkanes) is 5. The standard InChI is InChI=1S/C19H28N2O2/c1-3-5-6-7-8-9-14-18(22)21-20-15-17-13-10-12-16(11-4-2)19(17)23/h4,10,12-13,15,23H,2-3,5-9,11,14H2,1H3,(H,21,22)/b20-15+. The molecule has 23 heavy (non-hydrogen) atoms. The van der Waals surface area contributed by atoms with Crippen LogP contribution in [0.15, 0.2) is 36.0 Å². The first-order valence-corrected chi connectivity index (χ1v) is 8.42. The van der Waals surface area contributed by atoms with Crippen molar-refractivity contribution < 1.29 is 9.90 Å². The van der Waals surface area contributed by atoms with E-state index < -0.39 is 0 Å². The maximum absolute atomic E-state index is 11.7. The molecule has 0 bridgehead atoms. The summed E-state index contributed by atoms with van der Waals surface area (Å²) in [6.45, 7) is 5.85. The van der Waals surface area contributed by atoms with E-state index in [1.165, 1.54) is 31.9 Å². The summed E-state index contributed by atoms with van der Waals surface area (Å²) in [5, 5.41) is 14.0. The van der Waals surface area contributed by atoms with Crippen LogP contribution in [0.5, 0.6) is 5.75 Å². The van der Waals surface area contributed by atoms with E-state index in [0.717, 1.165) is 18.4 Å². The number of hydrogen-bond donors (Lipinski definition) is 2. The molecule has 1 aromatic carbocycles. The zero-order valence-electron chi connectivity index (χ0n) is 14.1. The summed E-state index contributed by atoms with van der Waals surface area (Å²) in [5.74, 6) is 0.0970. The minimum absolute atomic E-state index is 0.0847. The van der Waals surface area contributed by atoms with Crippen LogP contribution in [0, 0.1) is 0 Å². The Kier molecular flexibility index (Phi) is 9.45. The Balaban J connectivity index is 2.34. The van der Waals surface area contributed by atoms with Gasteiger partial charge in [0.25, 0.3) is 0 Å². The van der Waals surface area contributed by atoms with Gasteiger partial charge in [-0.2, -0.15) is 5.10 Å². The number of benzene rings is 1. The largest absolute Gasteiger partial charge is 0.507 e. The number of hydrazone groups is 1. The second-order valence-electron chi connectivity index (χ2n) is 5.66. The van der Waals surface area contributed by atoms with E-state index in [2.05, 4.69) is 24.0 Å². The molecule has 0 spiro atoms. The number of nitrogens with one attached hydrogen (secondary N) is 1. The summed E-state index contributed by atoms with van der Waals surface area (Å²) in [6.07, 6.45) is 11.2. The van der Waals surface area contributed by atoms with Crippen LogP contribution in [0.1, 0.15) is 63.0 Å². The first kappa shape index (κ1) is 18.9. The minimum atomic E-state index is -0.0847. The number of rotatable bonds is 11. The fourth-order valence-corrected chi connectivity index (χ4v) is 2.33. The van der Waals surface area contributed by atoms with Gasteiger partial charge in [-0.1, -0.05) is 57.2 Å². The molecule has 0 aliphatic heterocycles. The molecule has 0 unspecified atom stereocenters. The Hall–Kier alpha value is -2.10. The molecule has 0 atom stereocenters. The van der Waals surface area contributed by atoms with Crippen LogP contribution in [0.4, 0.5) is 0 Å². The van der Waals surface area contributed by atoms with Crippen molar-refractivity contribution in [1.29, 1.82) is 0 Å². The van der Waals surface area contributed by atoms with Gasteiger partial charge >= 0.3 is 0 Å². The van der Waals surface area contributed by atoms with Crippen molar-refractivity contribution in [2.45, 2.75) is 58.3 Å². The molecule has 0 saturated carbocycles. The Morgan fingerprint density at radius 2 is 2.00 bits per heavy atom. The van der Waals surface area contributed by atoms with Crippen molar-refractivity contribution in [1.82, 2.24) is 5.43 Å². The molecule has 0 radical (unpaired) electrons. The quantitative estimate of drug-likeness (QED) is 0.276. The molecule has 4 heteroatoms. The van der Waals surface area contributed by atoms with Gasteiger partial charge in [0.2, 0.25) is 5.91 Å². The molecule has 0 aliphatic rings. The second-order valence-corrected chi connectivity index (χ2v) is 5.66. The number of carbonyl (C=O) groups is 1. The molecule has 0 aliphatic carbocycles. The lowest BCUT2D eigenvalue weighted by molar-refractivity contribution is -0.121. The smallest absolute Gasteiger partial charge is 0.240 e. The first-order chi connectivity index (χ1) is 11.2. The lowest BCUT2D eigenvalue weighted by Gasteiger charge is -2.04. The molecule has 4 nitrogen and oxygen atoms in total. The van der Waals surface area contributed by atoms with Crippen LogP contribution in [0.2, 0.25) is 0 Å². The van der Waals surface area contributed by atoms with Crippen LogP contribution in [0.25, 0.3) is 0 Å². The van der Waals surface area contributed by atoms with Crippen LogP contribution in [0.3, 0.4) is 0 Å². The zero-order valence-corrected chi connectivity index (χ0v) is 14.1. The highest BCUT2D eigenvalue weighted by atomic mass is 16.3. The fourth-order valence-electron chi connectivity index (χ4n) is 2.33. The molecule has 0 heterocycles. The monoisotopic (exact) mass is 316 g/mol. The van der Waals surface area contributed by atoms with Gasteiger partial charge in [-0.15, -0.1) is 6.58 Å². The summed E-state index contributed by atoms with van der Waals surface area (Å²) < 4.78 is 0. The van der Waals surface area contributed by atoms with Crippen LogP contribution in [-0.4, -0.2) is 17.2 Å². The number of nitrogens with zero attached hydrogens (tertiary/aromatic N) is 1. The first-order valence-electron chi connectivity index (χ1n) is 8.42. The molecule has 0 saturated heterocycles. The van der Waals surface area contributed by atoms with E-state index >= 15 is 0 Å². The summed E-state index contributed by atoms with van der Waals surface area (Å²) in [6, 6.07) is 5.44. The predicted molar refractivity (Wildman–Crippen MR) is 95.7 cm³/mol. The normalized spacial score (nSPS) is 10.8. The van der Waals surface area contributed by atoms with Gasteiger partial charge < -0.3 is 5.11 Å². The van der Waals surface area contributed by atoms with Gasteiger partial charge in [0, 0.05) is 12.0 Å². The molecule has 126 valence electrons. The van der Waals surface area contributed by atoms with Gasteiger partial charge in [0.1, 0.15) is 5.75 Å². The summed E-state index contributed by atoms with van der Waals surface area (Å²) in [4.78, 5) is 11.7. The number of aromatic hydroxyl groups is 1. The molecule has 0 aromatic heterocycles. The Morgan fingerprint density at radius 3 is 2.74 bits per heavy atom. The van der Waals surface area contributed by atoms with Crippen molar-refractivity contribution in [2.75, 3.05) is 0 Å². The average Bonchev–Trinajstić information content (AvgIpc) is 2.54. The number of hydrogen-bond acceptors (Lipinski definition) is 3. The Labute approximate surface area is 139 Å². The highest BCUT2D eigenvalue weighted by Gasteiger charge is 2.04. The van der Waals surface area contributed by atoms with Gasteiger partial charge in [-0.25, -0.2) is 5.43 Å². The Bertz CT molecular complexity index is 524. The molecular weight excluding hydrogens is 288 g/mol. The van der Waals surface area contributed by atoms with E-state index in [4.69, 9.17) is 0 Å². The van der Waals surface area contributed by atoms with Crippen molar-refractivity contribution >= 4 is 12.1 Å². The summed E-state index contributed by atoms with van der Waals surface area (Å²) >= 11 is 0. The topological polar surface area (TPSA) is 61.7 Å². The van der Waals surface area contributed by atoms with Crippen molar-refractivity contribution in [3.63, 3.8) is 0 Å². The van der Waals surface area contributed by atoms with Gasteiger partial charge in [0.05, 0.1) is 6.21 Å². The number of phenolic OH excluding ortho intramolecular Hbond substituents is 1. The maximum Gasteiger partial charge on any atom is 0.240 e. The average molecular weight is 316 g/mol. The highest BCUT2D eigenvalue weighted by Crippen LogP contribution is 2.21. The van der Waals surface area contributed by atoms with E-state index in [9.17, 15) is 9.90 Å². The van der Waals surface area contributed by atoms with E-state index in [0.29, 0.717) is 18.4 Å². The number of amides is 1. The van der Waals surface area contributed by atoms with Gasteiger partial charge in [-0.05, 0) is 24.5 Å². The Morgan fingerprint density at radius 1 is 1.26 bits per heavy atom. The second kappa shape index (κ2) is 11.5. The molecule has 1 amide bonds. The SMILES string of the molecule is C=CCc1cccc(/C=N/NC(=O)CCCCCCCC)c1O. The molecule has 2 N–H and O–H groups in total. The molecular formula is C19H28N2O2. The van der Waals surface area contributed by atoms with Crippen LogP contribution >= 0.6 is 0 Å². The fraction of sp³-hybridized carbons (Fsp3) is 0.474. The van der Waals surface area contributed by atoms with E-state index in [1.54, 1.807) is 12.1 Å². The lowest BCUT2D eigenvalue weighted by atomic mass is 10.1.